The molecule has 0 aliphatic heterocycles. The van der Waals surface area contributed by atoms with Gasteiger partial charge >= 0.3 is 11.9 Å². The van der Waals surface area contributed by atoms with Crippen molar-refractivity contribution >= 4 is 54.1 Å². The van der Waals surface area contributed by atoms with Gasteiger partial charge in [-0.05, 0) is 43.7 Å². The first-order valence-corrected chi connectivity index (χ1v) is 17.8. The number of hydrogen-bond acceptors (Lipinski definition) is 11. The number of carboxylic acid groups (broad SMARTS) is 2. The Morgan fingerprint density at radius 2 is 1.32 bits per heavy atom. The highest BCUT2D eigenvalue weighted by Crippen LogP contribution is 2.11. The zero-order valence-electron chi connectivity index (χ0n) is 29.7. The van der Waals surface area contributed by atoms with Crippen LogP contribution in [-0.4, -0.2) is 110 Å². The third-order valence-corrected chi connectivity index (χ3v) is 8.33. The summed E-state index contributed by atoms with van der Waals surface area (Å²) in [5.41, 5.74) is 12.4. The number of aromatic amines is 1. The number of thiol groups is 1. The number of carbonyl (C=O) groups excluding carboxylic acids is 5. The van der Waals surface area contributed by atoms with Crippen molar-refractivity contribution in [2.75, 3.05) is 12.3 Å². The van der Waals surface area contributed by atoms with Gasteiger partial charge in [-0.1, -0.05) is 44.2 Å². The molecule has 0 aliphatic rings. The number of imidazole rings is 1. The Labute approximate surface area is 312 Å². The smallest absolute Gasteiger partial charge is 0.327 e. The number of H-pyrrole nitrogens is 1. The maximum atomic E-state index is 13.9. The number of nitrogens with zero attached hydrogens (tertiary/aromatic N) is 1. The van der Waals surface area contributed by atoms with Crippen molar-refractivity contribution in [3.63, 3.8) is 0 Å². The quantitative estimate of drug-likeness (QED) is 0.0436. The highest BCUT2D eigenvalue weighted by molar-refractivity contribution is 7.80. The van der Waals surface area contributed by atoms with E-state index in [2.05, 4.69) is 49.2 Å². The molecule has 0 saturated carbocycles. The molecule has 0 bridgehead atoms. The maximum Gasteiger partial charge on any atom is 0.327 e. The topological polar surface area (TPSA) is 301 Å². The van der Waals surface area contributed by atoms with Crippen LogP contribution in [0.3, 0.4) is 0 Å². The highest BCUT2D eigenvalue weighted by Gasteiger charge is 2.33. The average Bonchev–Trinajstić information content (AvgIpc) is 3.62. The van der Waals surface area contributed by atoms with Crippen LogP contribution in [0.15, 0.2) is 42.9 Å². The molecule has 0 aliphatic carbocycles. The Balaban J connectivity index is 2.39. The van der Waals surface area contributed by atoms with E-state index < -0.39 is 84.1 Å². The zero-order valence-corrected chi connectivity index (χ0v) is 30.6. The van der Waals surface area contributed by atoms with E-state index >= 15 is 0 Å². The Bertz CT molecular complexity index is 1510. The Morgan fingerprint density at radius 1 is 0.774 bits per heavy atom. The third kappa shape index (κ3) is 16.0. The van der Waals surface area contributed by atoms with Crippen LogP contribution < -0.4 is 38.1 Å². The number of unbranched alkanes of at least 4 members (excludes halogenated alkanes) is 1. The molecule has 2 aromatic rings. The van der Waals surface area contributed by atoms with Crippen molar-refractivity contribution in [1.82, 2.24) is 36.6 Å². The van der Waals surface area contributed by atoms with Gasteiger partial charge in [0.2, 0.25) is 29.5 Å². The molecule has 0 unspecified atom stereocenters. The second kappa shape index (κ2) is 22.8. The van der Waals surface area contributed by atoms with Crippen molar-refractivity contribution in [3.05, 3.63) is 54.1 Å². The van der Waals surface area contributed by atoms with Crippen molar-refractivity contribution in [1.29, 1.82) is 0 Å². The number of aliphatic carboxylic acids is 2. The minimum Gasteiger partial charge on any atom is -0.481 e. The van der Waals surface area contributed by atoms with Crippen LogP contribution in [0.2, 0.25) is 0 Å². The normalized spacial score (nSPS) is 14.5. The summed E-state index contributed by atoms with van der Waals surface area (Å²) in [7, 11) is 0. The van der Waals surface area contributed by atoms with Gasteiger partial charge in [-0.15, -0.1) is 0 Å². The molecule has 12 N–H and O–H groups in total. The summed E-state index contributed by atoms with van der Waals surface area (Å²) < 4.78 is 0. The largest absolute Gasteiger partial charge is 0.481 e. The molecule has 2 rings (SSSR count). The molecular formula is C34H51N9O9S. The lowest BCUT2D eigenvalue weighted by Crippen LogP contribution is -2.60. The van der Waals surface area contributed by atoms with Gasteiger partial charge in [0, 0.05) is 24.8 Å². The molecular weight excluding hydrogens is 710 g/mol. The second-order valence-corrected chi connectivity index (χ2v) is 13.3. The molecule has 0 saturated heterocycles. The molecule has 0 fully saturated rings. The van der Waals surface area contributed by atoms with Gasteiger partial charge in [0.15, 0.2) is 0 Å². The van der Waals surface area contributed by atoms with Crippen LogP contribution in [0.1, 0.15) is 57.2 Å². The molecule has 5 amide bonds. The number of aromatic nitrogens is 2. The monoisotopic (exact) mass is 761 g/mol. The zero-order chi connectivity index (χ0) is 39.5. The molecule has 1 aromatic heterocycles. The predicted molar refractivity (Wildman–Crippen MR) is 196 cm³/mol. The van der Waals surface area contributed by atoms with Crippen molar-refractivity contribution in [2.45, 2.75) is 95.0 Å². The first-order valence-electron chi connectivity index (χ1n) is 17.2. The third-order valence-electron chi connectivity index (χ3n) is 7.97. The molecule has 18 nitrogen and oxygen atoms in total. The van der Waals surface area contributed by atoms with Gasteiger partial charge in [-0.3, -0.25) is 28.8 Å². The van der Waals surface area contributed by atoms with Crippen LogP contribution in [0.25, 0.3) is 0 Å². The number of hydrogen-bond donors (Lipinski definition) is 11. The standard InChI is InChI=1S/C34H51N9O9S/c1-19(2)12-24(40-29(46)22(36)15-28(44)45)31(48)39-23(10-6-7-11-35)30(47)41-25(13-20-8-4-3-5-9-20)32(49)42-26(14-21-16-37-18-38-21)33(50)43-27(17-53)34(51)52/h3-5,8-9,16,18-19,22-27,53H,6-7,10-15,17,35-36H2,1-2H3,(H,37,38)(H,39,48)(H,40,46)(H,41,47)(H,42,49)(H,43,50)(H,44,45)(H,51,52)/t22-,23-,24-,25-,26-,27-/m0/s1. The first kappa shape index (κ1) is 44.2. The summed E-state index contributed by atoms with van der Waals surface area (Å²) in [6.07, 6.45) is 3.25. The Kier molecular flexibility index (Phi) is 19.0. The van der Waals surface area contributed by atoms with Crippen LogP contribution in [-0.2, 0) is 46.4 Å². The van der Waals surface area contributed by atoms with Gasteiger partial charge < -0.3 is 53.2 Å². The minimum atomic E-state index is -1.41. The Hall–Kier alpha value is -5.01. The average molecular weight is 762 g/mol. The van der Waals surface area contributed by atoms with Crippen molar-refractivity contribution < 1.29 is 43.8 Å². The van der Waals surface area contributed by atoms with Crippen molar-refractivity contribution in [3.8, 4) is 0 Å². The van der Waals surface area contributed by atoms with E-state index in [0.717, 1.165) is 0 Å². The van der Waals surface area contributed by atoms with Gasteiger partial charge in [-0.25, -0.2) is 9.78 Å². The van der Waals surface area contributed by atoms with E-state index in [9.17, 15) is 38.7 Å². The van der Waals surface area contributed by atoms with E-state index in [1.807, 2.05) is 13.8 Å². The van der Waals surface area contributed by atoms with Gasteiger partial charge in [0.25, 0.3) is 0 Å². The van der Waals surface area contributed by atoms with Gasteiger partial charge in [0.05, 0.1) is 24.5 Å². The van der Waals surface area contributed by atoms with Crippen LogP contribution in [0.5, 0.6) is 0 Å². The summed E-state index contributed by atoms with van der Waals surface area (Å²) in [5, 5.41) is 31.3. The van der Waals surface area contributed by atoms with Crippen molar-refractivity contribution in [2.24, 2.45) is 17.4 Å². The lowest BCUT2D eigenvalue weighted by Gasteiger charge is -2.27. The maximum absolute atomic E-state index is 13.9. The number of nitrogens with one attached hydrogen (secondary N) is 6. The van der Waals surface area contributed by atoms with E-state index in [1.165, 1.54) is 12.5 Å². The fraction of sp³-hybridized carbons (Fsp3) is 0.529. The summed E-state index contributed by atoms with van der Waals surface area (Å²) in [4.78, 5) is 97.0. The first-order chi connectivity index (χ1) is 25.1. The minimum absolute atomic E-state index is 0.0273. The summed E-state index contributed by atoms with van der Waals surface area (Å²) >= 11 is 3.99. The fourth-order valence-electron chi connectivity index (χ4n) is 5.18. The summed E-state index contributed by atoms with van der Waals surface area (Å²) in [6.45, 7) is 3.92. The molecule has 53 heavy (non-hydrogen) atoms. The molecule has 6 atom stereocenters. The summed E-state index contributed by atoms with van der Waals surface area (Å²) in [5.74, 6) is -6.85. The van der Waals surface area contributed by atoms with E-state index in [4.69, 9.17) is 16.6 Å². The Morgan fingerprint density at radius 3 is 1.85 bits per heavy atom. The van der Waals surface area contributed by atoms with Gasteiger partial charge in [-0.2, -0.15) is 12.6 Å². The summed E-state index contributed by atoms with van der Waals surface area (Å²) in [6, 6.07) is 1.00. The molecule has 0 spiro atoms. The molecule has 1 aromatic carbocycles. The number of benzene rings is 1. The number of rotatable bonds is 24. The SMILES string of the molecule is CC(C)C[C@H](NC(=O)[C@@H](N)CC(=O)O)C(=O)N[C@@H](CCCCN)C(=O)N[C@@H](Cc1ccccc1)C(=O)N[C@@H](Cc1c[nH]cn1)C(=O)N[C@@H](CS)C(=O)O. The molecule has 0 radical (unpaired) electrons. The highest BCUT2D eigenvalue weighted by atomic mass is 32.1. The predicted octanol–water partition coefficient (Wildman–Crippen LogP) is -1.39. The van der Waals surface area contributed by atoms with Crippen LogP contribution in [0, 0.1) is 5.92 Å². The number of carboxylic acids is 2. The lowest BCUT2D eigenvalue weighted by atomic mass is 10.0. The van der Waals surface area contributed by atoms with Crippen LogP contribution >= 0.6 is 12.6 Å². The fourth-order valence-corrected chi connectivity index (χ4v) is 5.43. The number of amides is 5. The van der Waals surface area contributed by atoms with Crippen LogP contribution in [0.4, 0.5) is 0 Å². The van der Waals surface area contributed by atoms with E-state index in [1.54, 1.807) is 30.3 Å². The molecule has 1 heterocycles. The molecule has 292 valence electrons. The second-order valence-electron chi connectivity index (χ2n) is 12.9. The van der Waals surface area contributed by atoms with E-state index in [0.29, 0.717) is 30.6 Å². The number of nitrogens with two attached hydrogens (primary N) is 2. The van der Waals surface area contributed by atoms with E-state index in [-0.39, 0.29) is 37.4 Å². The molecule has 19 heteroatoms. The number of carbonyl (C=O) groups is 7. The van der Waals surface area contributed by atoms with Gasteiger partial charge in [0.1, 0.15) is 30.2 Å². The lowest BCUT2D eigenvalue weighted by molar-refractivity contribution is -0.141.